The first-order valence-electron chi connectivity index (χ1n) is 12.1. The van der Waals surface area contributed by atoms with Gasteiger partial charge in [-0.15, -0.1) is 0 Å². The van der Waals surface area contributed by atoms with Crippen LogP contribution in [0.5, 0.6) is 11.5 Å². The summed E-state index contributed by atoms with van der Waals surface area (Å²) in [6.45, 7) is 8.35. The first kappa shape index (κ1) is 23.1. The topological polar surface area (TPSA) is 59.1 Å². The van der Waals surface area contributed by atoms with E-state index < -0.39 is 5.92 Å². The van der Waals surface area contributed by atoms with E-state index in [1.54, 1.807) is 0 Å². The summed E-state index contributed by atoms with van der Waals surface area (Å²) in [6, 6.07) is 11.2. The van der Waals surface area contributed by atoms with Crippen LogP contribution in [0.15, 0.2) is 36.4 Å². The van der Waals surface area contributed by atoms with Crippen molar-refractivity contribution in [2.24, 2.45) is 0 Å². The molecule has 2 amide bonds. The zero-order valence-corrected chi connectivity index (χ0v) is 20.1. The number of carbonyl (C=O) groups excluding carboxylic acids is 2. The molecule has 0 N–H and O–H groups in total. The summed E-state index contributed by atoms with van der Waals surface area (Å²) in [5.74, 6) is 0.979. The van der Waals surface area contributed by atoms with Crippen LogP contribution in [0.3, 0.4) is 0 Å². The van der Waals surface area contributed by atoms with Crippen molar-refractivity contribution in [1.29, 1.82) is 0 Å². The first-order valence-corrected chi connectivity index (χ1v) is 12.1. The number of amides is 2. The quantitative estimate of drug-likeness (QED) is 0.591. The highest BCUT2D eigenvalue weighted by molar-refractivity contribution is 6.01. The summed E-state index contributed by atoms with van der Waals surface area (Å²) in [5.41, 5.74) is 3.55. The minimum atomic E-state index is -0.452. The van der Waals surface area contributed by atoms with Crippen molar-refractivity contribution in [3.05, 3.63) is 58.7 Å². The van der Waals surface area contributed by atoms with Crippen LogP contribution < -0.4 is 9.47 Å². The highest BCUT2D eigenvalue weighted by Crippen LogP contribution is 2.48. The highest BCUT2D eigenvalue weighted by Gasteiger charge is 2.47. The third kappa shape index (κ3) is 4.19. The van der Waals surface area contributed by atoms with Crippen molar-refractivity contribution in [2.45, 2.75) is 52.0 Å². The van der Waals surface area contributed by atoms with Gasteiger partial charge >= 0.3 is 0 Å². The van der Waals surface area contributed by atoms with Gasteiger partial charge in [0.15, 0.2) is 11.5 Å². The standard InChI is InChI=1S/C27H34N2O4/c1-5-8-14-28(4)27(31)24-19-11-9-10-12-20(19)26(30)29-15-13-18-16-22(32-6-2)23(33-7-3)17-21(18)25(24)29/h9-12,16-17,24-25H,5-8,13-15H2,1-4H3/t24-,25-/m0/s1. The van der Waals surface area contributed by atoms with Gasteiger partial charge in [-0.25, -0.2) is 0 Å². The number of hydrogen-bond donors (Lipinski definition) is 0. The van der Waals surface area contributed by atoms with Crippen LogP contribution in [0.4, 0.5) is 0 Å². The van der Waals surface area contributed by atoms with E-state index in [0.29, 0.717) is 37.6 Å². The second kappa shape index (κ2) is 9.86. The summed E-state index contributed by atoms with van der Waals surface area (Å²) < 4.78 is 11.7. The van der Waals surface area contributed by atoms with Gasteiger partial charge in [0.25, 0.3) is 5.91 Å². The summed E-state index contributed by atoms with van der Waals surface area (Å²) in [4.78, 5) is 31.1. The second-order valence-electron chi connectivity index (χ2n) is 8.74. The van der Waals surface area contributed by atoms with Crippen molar-refractivity contribution in [3.63, 3.8) is 0 Å². The molecule has 2 heterocycles. The summed E-state index contributed by atoms with van der Waals surface area (Å²) >= 11 is 0. The minimum absolute atomic E-state index is 0.00615. The van der Waals surface area contributed by atoms with Gasteiger partial charge in [-0.3, -0.25) is 9.59 Å². The molecule has 2 aromatic rings. The molecule has 0 radical (unpaired) electrons. The van der Waals surface area contributed by atoms with Crippen LogP contribution in [0.2, 0.25) is 0 Å². The largest absolute Gasteiger partial charge is 0.490 e. The maximum absolute atomic E-state index is 13.9. The van der Waals surface area contributed by atoms with Crippen molar-refractivity contribution < 1.29 is 19.1 Å². The Morgan fingerprint density at radius 1 is 1.06 bits per heavy atom. The third-order valence-corrected chi connectivity index (χ3v) is 6.67. The smallest absolute Gasteiger partial charge is 0.254 e. The van der Waals surface area contributed by atoms with Crippen LogP contribution in [0.1, 0.15) is 72.6 Å². The Morgan fingerprint density at radius 2 is 1.76 bits per heavy atom. The molecule has 0 aromatic heterocycles. The molecule has 6 nitrogen and oxygen atoms in total. The molecule has 4 rings (SSSR count). The molecule has 0 aliphatic carbocycles. The van der Waals surface area contributed by atoms with E-state index in [9.17, 15) is 9.59 Å². The van der Waals surface area contributed by atoms with Gasteiger partial charge in [-0.05, 0) is 61.6 Å². The number of likely N-dealkylation sites (N-methyl/N-ethyl adjacent to an activating group) is 1. The highest BCUT2D eigenvalue weighted by atomic mass is 16.5. The number of unbranched alkanes of at least 4 members (excludes halogenated alkanes) is 1. The fraction of sp³-hybridized carbons (Fsp3) is 0.481. The fourth-order valence-corrected chi connectivity index (χ4v) is 5.08. The van der Waals surface area contributed by atoms with E-state index >= 15 is 0 Å². The normalized spacial score (nSPS) is 18.8. The molecule has 2 atom stereocenters. The van der Waals surface area contributed by atoms with Crippen molar-refractivity contribution in [3.8, 4) is 11.5 Å². The minimum Gasteiger partial charge on any atom is -0.490 e. The van der Waals surface area contributed by atoms with Crippen LogP contribution in [-0.4, -0.2) is 55.0 Å². The maximum atomic E-state index is 13.9. The number of hydrogen-bond acceptors (Lipinski definition) is 4. The molecule has 0 spiro atoms. The third-order valence-electron chi connectivity index (χ3n) is 6.67. The van der Waals surface area contributed by atoms with Gasteiger partial charge in [-0.2, -0.15) is 0 Å². The predicted molar refractivity (Wildman–Crippen MR) is 128 cm³/mol. The van der Waals surface area contributed by atoms with Gasteiger partial charge in [0.1, 0.15) is 0 Å². The van der Waals surface area contributed by atoms with Gasteiger partial charge in [0, 0.05) is 25.7 Å². The van der Waals surface area contributed by atoms with Crippen LogP contribution >= 0.6 is 0 Å². The molecule has 0 saturated carbocycles. The first-order chi connectivity index (χ1) is 16.0. The molecule has 0 fully saturated rings. The molecule has 2 aromatic carbocycles. The molecule has 6 heteroatoms. The number of benzene rings is 2. The Bertz CT molecular complexity index is 1030. The fourth-order valence-electron chi connectivity index (χ4n) is 5.08. The summed E-state index contributed by atoms with van der Waals surface area (Å²) in [5, 5.41) is 0. The Kier molecular flexibility index (Phi) is 6.91. The Labute approximate surface area is 196 Å². The van der Waals surface area contributed by atoms with Crippen molar-refractivity contribution in [2.75, 3.05) is 33.4 Å². The lowest BCUT2D eigenvalue weighted by atomic mass is 9.75. The Hall–Kier alpha value is -3.02. The van der Waals surface area contributed by atoms with Gasteiger partial charge in [-0.1, -0.05) is 31.5 Å². The SMILES string of the molecule is CCCCN(C)C(=O)[C@H]1c2ccccc2C(=O)N2CCc3cc(OCC)c(OCC)cc3[C@@H]12. The lowest BCUT2D eigenvalue weighted by Crippen LogP contribution is -2.50. The lowest BCUT2D eigenvalue weighted by molar-refractivity contribution is -0.133. The monoisotopic (exact) mass is 450 g/mol. The van der Waals surface area contributed by atoms with E-state index in [2.05, 4.69) is 6.92 Å². The van der Waals surface area contributed by atoms with Crippen molar-refractivity contribution in [1.82, 2.24) is 9.80 Å². The maximum Gasteiger partial charge on any atom is 0.254 e. The zero-order valence-electron chi connectivity index (χ0n) is 20.1. The molecule has 0 bridgehead atoms. The predicted octanol–water partition coefficient (Wildman–Crippen LogP) is 4.58. The van der Waals surface area contributed by atoms with E-state index in [-0.39, 0.29) is 17.9 Å². The van der Waals surface area contributed by atoms with Gasteiger partial charge in [0.2, 0.25) is 5.91 Å². The van der Waals surface area contributed by atoms with E-state index in [1.807, 2.05) is 67.1 Å². The van der Waals surface area contributed by atoms with E-state index in [0.717, 1.165) is 41.7 Å². The molecule has 176 valence electrons. The molecule has 0 saturated heterocycles. The number of fused-ring (bicyclic) bond motifs is 4. The second-order valence-corrected chi connectivity index (χ2v) is 8.74. The van der Waals surface area contributed by atoms with Crippen molar-refractivity contribution >= 4 is 11.8 Å². The zero-order chi connectivity index (χ0) is 23.5. The number of nitrogens with zero attached hydrogens (tertiary/aromatic N) is 2. The number of ether oxygens (including phenoxy) is 2. The number of carbonyl (C=O) groups is 2. The molecule has 33 heavy (non-hydrogen) atoms. The summed E-state index contributed by atoms with van der Waals surface area (Å²) in [6.07, 6.45) is 2.69. The van der Waals surface area contributed by atoms with E-state index in [4.69, 9.17) is 9.47 Å². The van der Waals surface area contributed by atoms with Crippen LogP contribution in [0.25, 0.3) is 0 Å². The lowest BCUT2D eigenvalue weighted by Gasteiger charge is -2.46. The molecular formula is C27H34N2O4. The average molecular weight is 451 g/mol. The molecule has 2 aliphatic rings. The summed E-state index contributed by atoms with van der Waals surface area (Å²) in [7, 11) is 1.87. The van der Waals surface area contributed by atoms with E-state index in [1.165, 1.54) is 0 Å². The molecular weight excluding hydrogens is 416 g/mol. The average Bonchev–Trinajstić information content (AvgIpc) is 2.83. The Morgan fingerprint density at radius 3 is 2.45 bits per heavy atom. The molecule has 2 aliphatic heterocycles. The molecule has 0 unspecified atom stereocenters. The number of rotatable bonds is 8. The van der Waals surface area contributed by atoms with Crippen LogP contribution in [-0.2, 0) is 11.2 Å². The Balaban J connectivity index is 1.86. The van der Waals surface area contributed by atoms with Crippen LogP contribution in [0, 0.1) is 0 Å². The van der Waals surface area contributed by atoms with Gasteiger partial charge in [0.05, 0.1) is 25.2 Å². The van der Waals surface area contributed by atoms with Gasteiger partial charge < -0.3 is 19.3 Å².